The molecule has 1 aliphatic rings. The molecule has 0 aromatic carbocycles. The molecule has 3 N–H and O–H groups in total. The van der Waals surface area contributed by atoms with Crippen LogP contribution in [0.1, 0.15) is 43.5 Å². The van der Waals surface area contributed by atoms with Crippen LogP contribution in [0.5, 0.6) is 0 Å². The van der Waals surface area contributed by atoms with Crippen molar-refractivity contribution in [1.82, 2.24) is 4.90 Å². The Morgan fingerprint density at radius 2 is 2.32 bits per heavy atom. The van der Waals surface area contributed by atoms with Crippen LogP contribution < -0.4 is 5.73 Å². The second-order valence-electron chi connectivity index (χ2n) is 5.39. The fourth-order valence-corrected chi connectivity index (χ4v) is 4.65. The predicted octanol–water partition coefficient (Wildman–Crippen LogP) is 3.14. The molecule has 1 fully saturated rings. The molecule has 1 saturated heterocycles. The highest BCUT2D eigenvalue weighted by molar-refractivity contribution is 9.10. The lowest BCUT2D eigenvalue weighted by Gasteiger charge is -2.37. The summed E-state index contributed by atoms with van der Waals surface area (Å²) in [4.78, 5) is 3.72. The van der Waals surface area contributed by atoms with E-state index in [1.807, 2.05) is 0 Å². The fraction of sp³-hybridized carbons (Fsp3) is 0.714. The van der Waals surface area contributed by atoms with Gasteiger partial charge in [-0.3, -0.25) is 4.90 Å². The molecule has 3 atom stereocenters. The number of halogens is 1. The highest BCUT2D eigenvalue weighted by atomic mass is 79.9. The minimum absolute atomic E-state index is 0.0673. The van der Waals surface area contributed by atoms with Crippen molar-refractivity contribution in [2.45, 2.75) is 50.7 Å². The molecule has 2 heterocycles. The van der Waals surface area contributed by atoms with Crippen LogP contribution in [-0.2, 0) is 0 Å². The van der Waals surface area contributed by atoms with E-state index in [4.69, 9.17) is 5.73 Å². The lowest BCUT2D eigenvalue weighted by atomic mass is 10.0. The van der Waals surface area contributed by atoms with Crippen LogP contribution in [0.2, 0.25) is 0 Å². The van der Waals surface area contributed by atoms with E-state index in [0.29, 0.717) is 0 Å². The molecule has 1 aliphatic heterocycles. The van der Waals surface area contributed by atoms with Crippen LogP contribution in [0.15, 0.2) is 15.9 Å². The summed E-state index contributed by atoms with van der Waals surface area (Å²) in [5.74, 6) is 0. The molecular formula is C14H23BrN2OS. The van der Waals surface area contributed by atoms with Gasteiger partial charge in [0.25, 0.3) is 0 Å². The van der Waals surface area contributed by atoms with Crippen molar-refractivity contribution in [2.24, 2.45) is 5.73 Å². The smallest absolute Gasteiger partial charge is 0.0594 e. The van der Waals surface area contributed by atoms with E-state index in [1.165, 1.54) is 24.1 Å². The zero-order valence-electron chi connectivity index (χ0n) is 11.4. The minimum Gasteiger partial charge on any atom is -0.395 e. The van der Waals surface area contributed by atoms with Gasteiger partial charge in [0.2, 0.25) is 0 Å². The number of nitrogens with zero attached hydrogens (tertiary/aromatic N) is 1. The second kappa shape index (κ2) is 7.18. The van der Waals surface area contributed by atoms with Crippen LogP contribution in [0.4, 0.5) is 0 Å². The lowest BCUT2D eigenvalue weighted by molar-refractivity contribution is 0.0762. The van der Waals surface area contributed by atoms with Crippen molar-refractivity contribution in [2.75, 3.05) is 13.2 Å². The van der Waals surface area contributed by atoms with Gasteiger partial charge in [0, 0.05) is 26.8 Å². The standard InChI is InChI=1S/C14H23BrN2OS/c1-10(16)14(13-7-11(15)9-19-13)17-6-4-2-3-5-12(17)8-18/h7,9-10,12,14,18H,2-6,8,16H2,1H3. The summed E-state index contributed by atoms with van der Waals surface area (Å²) in [5, 5.41) is 11.8. The molecule has 5 heteroatoms. The number of likely N-dealkylation sites (tertiary alicyclic amines) is 1. The number of hydrogen-bond acceptors (Lipinski definition) is 4. The molecule has 19 heavy (non-hydrogen) atoms. The first kappa shape index (κ1) is 15.4. The topological polar surface area (TPSA) is 49.5 Å². The summed E-state index contributed by atoms with van der Waals surface area (Å²) in [6.07, 6.45) is 4.74. The van der Waals surface area contributed by atoms with Gasteiger partial charge >= 0.3 is 0 Å². The number of aliphatic hydroxyl groups is 1. The lowest BCUT2D eigenvalue weighted by Crippen LogP contribution is -2.46. The maximum atomic E-state index is 9.68. The van der Waals surface area contributed by atoms with Crippen molar-refractivity contribution in [1.29, 1.82) is 0 Å². The van der Waals surface area contributed by atoms with Gasteiger partial charge in [0.15, 0.2) is 0 Å². The summed E-state index contributed by atoms with van der Waals surface area (Å²) < 4.78 is 1.12. The van der Waals surface area contributed by atoms with Gasteiger partial charge in [-0.15, -0.1) is 11.3 Å². The van der Waals surface area contributed by atoms with Gasteiger partial charge in [0.1, 0.15) is 0 Å². The Balaban J connectivity index is 2.25. The van der Waals surface area contributed by atoms with Gasteiger partial charge in [-0.2, -0.15) is 0 Å². The highest BCUT2D eigenvalue weighted by Crippen LogP contribution is 2.34. The van der Waals surface area contributed by atoms with E-state index in [2.05, 4.69) is 39.2 Å². The summed E-state index contributed by atoms with van der Waals surface area (Å²) in [5.41, 5.74) is 6.24. The average molecular weight is 347 g/mol. The SMILES string of the molecule is CC(N)C(c1cc(Br)cs1)N1CCCCCC1CO. The van der Waals surface area contributed by atoms with Gasteiger partial charge < -0.3 is 10.8 Å². The van der Waals surface area contributed by atoms with Crippen LogP contribution >= 0.6 is 27.3 Å². The Kier molecular flexibility index (Phi) is 5.84. The molecule has 0 radical (unpaired) electrons. The minimum atomic E-state index is 0.0673. The summed E-state index contributed by atoms with van der Waals surface area (Å²) in [6.45, 7) is 3.33. The number of nitrogens with two attached hydrogens (primary N) is 1. The van der Waals surface area contributed by atoms with Gasteiger partial charge in [-0.05, 0) is 48.3 Å². The Hall–Kier alpha value is 0.0600. The van der Waals surface area contributed by atoms with Crippen LogP contribution in [0, 0.1) is 0 Å². The van der Waals surface area contributed by atoms with Crippen LogP contribution in [-0.4, -0.2) is 35.2 Å². The highest BCUT2D eigenvalue weighted by Gasteiger charge is 2.31. The molecule has 1 aromatic rings. The number of aliphatic hydroxyl groups excluding tert-OH is 1. The largest absolute Gasteiger partial charge is 0.395 e. The quantitative estimate of drug-likeness (QED) is 0.880. The number of thiophene rings is 1. The van der Waals surface area contributed by atoms with Crippen molar-refractivity contribution in [3.8, 4) is 0 Å². The number of rotatable bonds is 4. The molecule has 0 aliphatic carbocycles. The molecule has 0 saturated carbocycles. The molecule has 3 unspecified atom stereocenters. The summed E-state index contributed by atoms with van der Waals surface area (Å²) in [6, 6.07) is 2.70. The first-order chi connectivity index (χ1) is 9.13. The Morgan fingerprint density at radius 3 is 2.89 bits per heavy atom. The fourth-order valence-electron chi connectivity index (χ4n) is 2.97. The number of hydrogen-bond donors (Lipinski definition) is 2. The van der Waals surface area contributed by atoms with E-state index in [0.717, 1.165) is 17.4 Å². The molecule has 0 bridgehead atoms. The Bertz CT molecular complexity index is 397. The molecule has 1 aromatic heterocycles. The second-order valence-corrected chi connectivity index (χ2v) is 7.25. The third kappa shape index (κ3) is 3.79. The van der Waals surface area contributed by atoms with E-state index in [1.54, 1.807) is 11.3 Å². The van der Waals surface area contributed by atoms with Gasteiger partial charge in [0.05, 0.1) is 12.6 Å². The Morgan fingerprint density at radius 1 is 1.53 bits per heavy atom. The van der Waals surface area contributed by atoms with E-state index >= 15 is 0 Å². The molecular weight excluding hydrogens is 324 g/mol. The molecule has 0 spiro atoms. The summed E-state index contributed by atoms with van der Waals surface area (Å²) in [7, 11) is 0. The molecule has 2 rings (SSSR count). The van der Waals surface area contributed by atoms with Crippen molar-refractivity contribution in [3.63, 3.8) is 0 Å². The summed E-state index contributed by atoms with van der Waals surface area (Å²) >= 11 is 5.27. The normalized spacial score (nSPS) is 24.9. The predicted molar refractivity (Wildman–Crippen MR) is 84.5 cm³/mol. The van der Waals surface area contributed by atoms with Crippen molar-refractivity contribution in [3.05, 3.63) is 20.8 Å². The van der Waals surface area contributed by atoms with Crippen molar-refractivity contribution >= 4 is 27.3 Å². The monoisotopic (exact) mass is 346 g/mol. The maximum absolute atomic E-state index is 9.68. The van der Waals surface area contributed by atoms with E-state index < -0.39 is 0 Å². The van der Waals surface area contributed by atoms with Gasteiger partial charge in [-0.25, -0.2) is 0 Å². The van der Waals surface area contributed by atoms with Gasteiger partial charge in [-0.1, -0.05) is 12.8 Å². The third-order valence-corrected chi connectivity index (χ3v) is 5.63. The van der Waals surface area contributed by atoms with E-state index in [-0.39, 0.29) is 24.7 Å². The van der Waals surface area contributed by atoms with Crippen LogP contribution in [0.3, 0.4) is 0 Å². The molecule has 3 nitrogen and oxygen atoms in total. The van der Waals surface area contributed by atoms with Crippen LogP contribution in [0.25, 0.3) is 0 Å². The maximum Gasteiger partial charge on any atom is 0.0594 e. The first-order valence-electron chi connectivity index (χ1n) is 6.99. The molecule has 0 amide bonds. The average Bonchev–Trinajstić information content (AvgIpc) is 2.65. The first-order valence-corrected chi connectivity index (χ1v) is 8.67. The zero-order valence-corrected chi connectivity index (χ0v) is 13.8. The van der Waals surface area contributed by atoms with Crippen molar-refractivity contribution < 1.29 is 5.11 Å². The zero-order chi connectivity index (χ0) is 13.8. The Labute approximate surface area is 127 Å². The van der Waals surface area contributed by atoms with E-state index in [9.17, 15) is 5.11 Å². The molecule has 108 valence electrons. The third-order valence-electron chi connectivity index (χ3n) is 3.87.